The van der Waals surface area contributed by atoms with E-state index in [-0.39, 0.29) is 0 Å². The van der Waals surface area contributed by atoms with Crippen molar-refractivity contribution < 1.29 is 9.53 Å². The molecule has 0 unspecified atom stereocenters. The number of hydrogen-bond donors (Lipinski definition) is 0. The smallest absolute Gasteiger partial charge is 0.133 e. The van der Waals surface area contributed by atoms with Gasteiger partial charge in [0.15, 0.2) is 0 Å². The number of rotatable bonds is 6. The van der Waals surface area contributed by atoms with Gasteiger partial charge in [-0.3, -0.25) is 4.79 Å². The van der Waals surface area contributed by atoms with E-state index in [4.69, 9.17) is 4.74 Å². The highest BCUT2D eigenvalue weighted by atomic mass is 16.5. The van der Waals surface area contributed by atoms with Crippen molar-refractivity contribution in [1.82, 2.24) is 0 Å². The Bertz CT molecular complexity index is 181. The fourth-order valence-corrected chi connectivity index (χ4v) is 2.07. The van der Waals surface area contributed by atoms with Crippen LogP contribution < -0.4 is 0 Å². The van der Waals surface area contributed by atoms with E-state index in [1.165, 1.54) is 0 Å². The van der Waals surface area contributed by atoms with E-state index in [9.17, 15) is 4.79 Å². The van der Waals surface area contributed by atoms with Crippen molar-refractivity contribution in [1.29, 1.82) is 0 Å². The SMILES string of the molecule is CCOC1CC(CC(=O)CC(C)C)C1. The van der Waals surface area contributed by atoms with Crippen molar-refractivity contribution in [3.8, 4) is 0 Å². The first-order valence-electron chi connectivity index (χ1n) is 5.75. The molecule has 0 saturated heterocycles. The Morgan fingerprint density at radius 2 is 2.07 bits per heavy atom. The average Bonchev–Trinajstić information content (AvgIpc) is 1.99. The first-order chi connectivity index (χ1) is 6.61. The first kappa shape index (κ1) is 11.7. The predicted molar refractivity (Wildman–Crippen MR) is 57.2 cm³/mol. The summed E-state index contributed by atoms with van der Waals surface area (Å²) in [4.78, 5) is 11.5. The quantitative estimate of drug-likeness (QED) is 0.656. The largest absolute Gasteiger partial charge is 0.378 e. The molecule has 1 saturated carbocycles. The van der Waals surface area contributed by atoms with Gasteiger partial charge in [0, 0.05) is 19.4 Å². The maximum atomic E-state index is 11.5. The second-order valence-corrected chi connectivity index (χ2v) is 4.76. The Hall–Kier alpha value is -0.370. The van der Waals surface area contributed by atoms with Crippen LogP contribution >= 0.6 is 0 Å². The molecule has 1 fully saturated rings. The molecule has 0 aliphatic heterocycles. The fraction of sp³-hybridized carbons (Fsp3) is 0.917. The number of hydrogen-bond acceptors (Lipinski definition) is 2. The molecule has 0 N–H and O–H groups in total. The van der Waals surface area contributed by atoms with Crippen molar-refractivity contribution in [3.05, 3.63) is 0 Å². The highest BCUT2D eigenvalue weighted by molar-refractivity contribution is 5.78. The van der Waals surface area contributed by atoms with Gasteiger partial charge < -0.3 is 4.74 Å². The molecule has 0 atom stereocenters. The molecule has 0 amide bonds. The van der Waals surface area contributed by atoms with Crippen LogP contribution in [0.2, 0.25) is 0 Å². The molecule has 14 heavy (non-hydrogen) atoms. The van der Waals surface area contributed by atoms with Crippen LogP contribution in [0, 0.1) is 11.8 Å². The monoisotopic (exact) mass is 198 g/mol. The minimum absolute atomic E-state index is 0.431. The fourth-order valence-electron chi connectivity index (χ4n) is 2.07. The summed E-state index contributed by atoms with van der Waals surface area (Å²) in [6.45, 7) is 7.03. The molecule has 1 aliphatic carbocycles. The lowest BCUT2D eigenvalue weighted by atomic mass is 9.78. The van der Waals surface area contributed by atoms with Crippen LogP contribution in [0.4, 0.5) is 0 Å². The van der Waals surface area contributed by atoms with Crippen LogP contribution in [-0.2, 0) is 9.53 Å². The second-order valence-electron chi connectivity index (χ2n) is 4.76. The van der Waals surface area contributed by atoms with Crippen LogP contribution in [0.5, 0.6) is 0 Å². The van der Waals surface area contributed by atoms with Crippen molar-refractivity contribution in [2.45, 2.75) is 52.6 Å². The maximum absolute atomic E-state index is 11.5. The van der Waals surface area contributed by atoms with Gasteiger partial charge >= 0.3 is 0 Å². The normalized spacial score (nSPS) is 26.3. The number of ether oxygens (including phenoxy) is 1. The number of Topliss-reactive ketones (excluding diaryl/α,β-unsaturated/α-hetero) is 1. The molecule has 1 aliphatic rings. The lowest BCUT2D eigenvalue weighted by Crippen LogP contribution is -2.32. The molecular weight excluding hydrogens is 176 g/mol. The molecule has 0 aromatic carbocycles. The van der Waals surface area contributed by atoms with Gasteiger partial charge in [0.25, 0.3) is 0 Å². The Kier molecular flexibility index (Phi) is 4.59. The zero-order chi connectivity index (χ0) is 10.6. The third-order valence-corrected chi connectivity index (χ3v) is 2.75. The summed E-state index contributed by atoms with van der Waals surface area (Å²) in [6, 6.07) is 0. The minimum Gasteiger partial charge on any atom is -0.378 e. The highest BCUT2D eigenvalue weighted by Crippen LogP contribution is 2.33. The molecule has 0 bridgehead atoms. The van der Waals surface area contributed by atoms with E-state index >= 15 is 0 Å². The molecule has 0 radical (unpaired) electrons. The Balaban J connectivity index is 2.07. The summed E-state index contributed by atoms with van der Waals surface area (Å²) in [5.41, 5.74) is 0. The van der Waals surface area contributed by atoms with Gasteiger partial charge in [-0.05, 0) is 31.6 Å². The molecule has 0 aromatic rings. The lowest BCUT2D eigenvalue weighted by Gasteiger charge is -2.34. The van der Waals surface area contributed by atoms with Crippen molar-refractivity contribution in [2.24, 2.45) is 11.8 Å². The summed E-state index contributed by atoms with van der Waals surface area (Å²) >= 11 is 0. The minimum atomic E-state index is 0.431. The Morgan fingerprint density at radius 3 is 2.57 bits per heavy atom. The lowest BCUT2D eigenvalue weighted by molar-refractivity contribution is -0.122. The summed E-state index contributed by atoms with van der Waals surface area (Å²) in [7, 11) is 0. The summed E-state index contributed by atoms with van der Waals surface area (Å²) in [5.74, 6) is 1.54. The van der Waals surface area contributed by atoms with Crippen molar-refractivity contribution >= 4 is 5.78 Å². The van der Waals surface area contributed by atoms with Gasteiger partial charge in [-0.15, -0.1) is 0 Å². The predicted octanol–water partition coefficient (Wildman–Crippen LogP) is 2.81. The second kappa shape index (κ2) is 5.50. The molecule has 0 heterocycles. The van der Waals surface area contributed by atoms with Gasteiger partial charge in [0.05, 0.1) is 6.10 Å². The molecule has 2 nitrogen and oxygen atoms in total. The third kappa shape index (κ3) is 3.79. The van der Waals surface area contributed by atoms with E-state index in [0.29, 0.717) is 23.7 Å². The molecule has 82 valence electrons. The van der Waals surface area contributed by atoms with Crippen LogP contribution in [-0.4, -0.2) is 18.5 Å². The maximum Gasteiger partial charge on any atom is 0.133 e. The number of carbonyl (C=O) groups excluding carboxylic acids is 1. The third-order valence-electron chi connectivity index (χ3n) is 2.75. The van der Waals surface area contributed by atoms with Gasteiger partial charge in [-0.25, -0.2) is 0 Å². The van der Waals surface area contributed by atoms with E-state index in [0.717, 1.165) is 32.3 Å². The Morgan fingerprint density at radius 1 is 1.43 bits per heavy atom. The molecule has 1 rings (SSSR count). The average molecular weight is 198 g/mol. The zero-order valence-corrected chi connectivity index (χ0v) is 9.58. The summed E-state index contributed by atoms with van der Waals surface area (Å²) < 4.78 is 5.46. The highest BCUT2D eigenvalue weighted by Gasteiger charge is 2.30. The van der Waals surface area contributed by atoms with Crippen LogP contribution in [0.15, 0.2) is 0 Å². The van der Waals surface area contributed by atoms with Gasteiger partial charge in [0.2, 0.25) is 0 Å². The van der Waals surface area contributed by atoms with Gasteiger partial charge in [-0.2, -0.15) is 0 Å². The first-order valence-corrected chi connectivity index (χ1v) is 5.75. The zero-order valence-electron chi connectivity index (χ0n) is 9.58. The van der Waals surface area contributed by atoms with Gasteiger partial charge in [0.1, 0.15) is 5.78 Å². The summed E-state index contributed by atoms with van der Waals surface area (Å²) in [6.07, 6.45) is 4.16. The Labute approximate surface area is 87.0 Å². The molecule has 2 heteroatoms. The van der Waals surface area contributed by atoms with Crippen LogP contribution in [0.25, 0.3) is 0 Å². The van der Waals surface area contributed by atoms with E-state index in [1.54, 1.807) is 0 Å². The molecular formula is C12H22O2. The van der Waals surface area contributed by atoms with Gasteiger partial charge in [-0.1, -0.05) is 13.8 Å². The molecule has 0 aromatic heterocycles. The number of ketones is 1. The summed E-state index contributed by atoms with van der Waals surface area (Å²) in [5, 5.41) is 0. The van der Waals surface area contributed by atoms with Crippen molar-refractivity contribution in [3.63, 3.8) is 0 Å². The topological polar surface area (TPSA) is 26.3 Å². The van der Waals surface area contributed by atoms with E-state index in [2.05, 4.69) is 13.8 Å². The van der Waals surface area contributed by atoms with Crippen molar-refractivity contribution in [2.75, 3.05) is 6.61 Å². The standard InChI is InChI=1S/C12H22O2/c1-4-14-12-7-10(8-12)6-11(13)5-9(2)3/h9-10,12H,4-8H2,1-3H3. The number of carbonyl (C=O) groups is 1. The van der Waals surface area contributed by atoms with Crippen LogP contribution in [0.1, 0.15) is 46.5 Å². The van der Waals surface area contributed by atoms with E-state index < -0.39 is 0 Å². The van der Waals surface area contributed by atoms with Crippen LogP contribution in [0.3, 0.4) is 0 Å². The molecule has 0 spiro atoms. The van der Waals surface area contributed by atoms with E-state index in [1.807, 2.05) is 6.92 Å².